The van der Waals surface area contributed by atoms with Gasteiger partial charge in [0.1, 0.15) is 0 Å². The number of aryl methyl sites for hydroxylation is 1. The Balaban J connectivity index is 2.21. The Morgan fingerprint density at radius 3 is 2.74 bits per heavy atom. The number of nitro groups is 1. The molecule has 1 aliphatic carbocycles. The van der Waals surface area contributed by atoms with Gasteiger partial charge >= 0.3 is 5.97 Å². The highest BCUT2D eigenvalue weighted by Crippen LogP contribution is 2.43. The second-order valence-electron chi connectivity index (χ2n) is 6.79. The summed E-state index contributed by atoms with van der Waals surface area (Å²) in [6, 6.07) is 4.86. The number of carbonyl (C=O) groups is 2. The minimum Gasteiger partial charge on any atom is -0.463 e. The minimum absolute atomic E-state index is 0.0303. The zero-order chi connectivity index (χ0) is 19.7. The number of rotatable bonds is 4. The maximum Gasteiger partial charge on any atom is 0.336 e. The fourth-order valence-electron chi connectivity index (χ4n) is 3.80. The monoisotopic (exact) mass is 370 g/mol. The van der Waals surface area contributed by atoms with E-state index in [0.29, 0.717) is 40.8 Å². The maximum atomic E-state index is 12.7. The van der Waals surface area contributed by atoms with Crippen molar-refractivity contribution < 1.29 is 19.2 Å². The van der Waals surface area contributed by atoms with Gasteiger partial charge in [0.2, 0.25) is 0 Å². The first-order chi connectivity index (χ1) is 12.8. The van der Waals surface area contributed by atoms with Crippen LogP contribution in [0.25, 0.3) is 0 Å². The number of nitro benzene ring substituents is 1. The van der Waals surface area contributed by atoms with Crippen molar-refractivity contribution in [2.24, 2.45) is 0 Å². The molecule has 2 aliphatic rings. The number of dihydropyridines is 1. The molecule has 27 heavy (non-hydrogen) atoms. The van der Waals surface area contributed by atoms with Crippen LogP contribution in [0, 0.1) is 17.0 Å². The van der Waals surface area contributed by atoms with Gasteiger partial charge in [0.05, 0.1) is 17.1 Å². The van der Waals surface area contributed by atoms with E-state index in [1.165, 1.54) is 6.07 Å². The molecule has 0 saturated carbocycles. The zero-order valence-corrected chi connectivity index (χ0v) is 15.6. The molecule has 0 bridgehead atoms. The molecule has 7 nitrogen and oxygen atoms in total. The third kappa shape index (κ3) is 3.37. The smallest absolute Gasteiger partial charge is 0.336 e. The topological polar surface area (TPSA) is 98.5 Å². The number of hydrogen-bond acceptors (Lipinski definition) is 6. The van der Waals surface area contributed by atoms with Crippen LogP contribution >= 0.6 is 0 Å². The van der Waals surface area contributed by atoms with E-state index in [1.54, 1.807) is 32.9 Å². The summed E-state index contributed by atoms with van der Waals surface area (Å²) in [6.45, 7) is 5.35. The van der Waals surface area contributed by atoms with Crippen LogP contribution in [0.15, 0.2) is 40.7 Å². The molecule has 0 saturated heterocycles. The largest absolute Gasteiger partial charge is 0.463 e. The van der Waals surface area contributed by atoms with Crippen LogP contribution in [0.4, 0.5) is 5.69 Å². The molecule has 0 radical (unpaired) electrons. The Morgan fingerprint density at radius 2 is 2.07 bits per heavy atom. The summed E-state index contributed by atoms with van der Waals surface area (Å²) in [5.41, 5.74) is 3.33. The quantitative estimate of drug-likeness (QED) is 0.495. The molecule has 1 atom stereocenters. The molecule has 0 fully saturated rings. The van der Waals surface area contributed by atoms with E-state index in [2.05, 4.69) is 5.32 Å². The standard InChI is InChI=1S/C20H22N2O5/c1-4-27-20(24)17-12(3)21-14-6-5-7-16(23)19(14)18(17)13-9-8-11(2)15(10-13)22(25)26/h8-10,18,21H,4-7H2,1-3H3/t18-/m0/s1. The maximum absolute atomic E-state index is 12.7. The lowest BCUT2D eigenvalue weighted by Gasteiger charge is -2.34. The Labute approximate surface area is 157 Å². The number of nitrogens with zero attached hydrogens (tertiary/aromatic N) is 1. The van der Waals surface area contributed by atoms with Crippen molar-refractivity contribution in [2.75, 3.05) is 6.61 Å². The minimum atomic E-state index is -0.660. The molecule has 0 spiro atoms. The van der Waals surface area contributed by atoms with Gasteiger partial charge in [-0.2, -0.15) is 0 Å². The Hall–Kier alpha value is -2.96. The van der Waals surface area contributed by atoms with E-state index in [4.69, 9.17) is 4.74 Å². The summed E-state index contributed by atoms with van der Waals surface area (Å²) in [4.78, 5) is 36.3. The first-order valence-electron chi connectivity index (χ1n) is 9.01. The lowest BCUT2D eigenvalue weighted by Crippen LogP contribution is -2.34. The molecular formula is C20H22N2O5. The van der Waals surface area contributed by atoms with E-state index in [9.17, 15) is 19.7 Å². The number of hydrogen-bond donors (Lipinski definition) is 1. The SMILES string of the molecule is CCOC(=O)C1=C(C)NC2=C(C(=O)CCC2)[C@H]1c1ccc(C)c([N+](=O)[O-])c1. The first kappa shape index (κ1) is 18.8. The number of benzene rings is 1. The molecular weight excluding hydrogens is 348 g/mol. The lowest BCUT2D eigenvalue weighted by atomic mass is 9.75. The number of carbonyl (C=O) groups excluding carboxylic acids is 2. The number of ketones is 1. The summed E-state index contributed by atoms with van der Waals surface area (Å²) in [6.07, 6.45) is 1.85. The second kappa shape index (κ2) is 7.34. The predicted molar refractivity (Wildman–Crippen MR) is 98.9 cm³/mol. The second-order valence-corrected chi connectivity index (χ2v) is 6.79. The van der Waals surface area contributed by atoms with Crippen molar-refractivity contribution in [3.05, 3.63) is 62.0 Å². The summed E-state index contributed by atoms with van der Waals surface area (Å²) in [5.74, 6) is -1.21. The molecule has 1 aromatic rings. The Morgan fingerprint density at radius 1 is 1.33 bits per heavy atom. The normalized spacial score (nSPS) is 19.5. The van der Waals surface area contributed by atoms with Crippen LogP contribution in [0.2, 0.25) is 0 Å². The zero-order valence-electron chi connectivity index (χ0n) is 15.6. The van der Waals surface area contributed by atoms with E-state index < -0.39 is 16.8 Å². The molecule has 1 heterocycles. The molecule has 0 amide bonds. The number of Topliss-reactive ketones (excluding diaryl/α,β-unsaturated/α-hetero) is 1. The van der Waals surface area contributed by atoms with Gasteiger partial charge in [0, 0.05) is 40.9 Å². The average molecular weight is 370 g/mol. The molecule has 0 aromatic heterocycles. The Bertz CT molecular complexity index is 898. The lowest BCUT2D eigenvalue weighted by molar-refractivity contribution is -0.385. The molecule has 1 aliphatic heterocycles. The fraction of sp³-hybridized carbons (Fsp3) is 0.400. The molecule has 0 unspecified atom stereocenters. The van der Waals surface area contributed by atoms with Gasteiger partial charge in [-0.3, -0.25) is 14.9 Å². The van der Waals surface area contributed by atoms with E-state index in [0.717, 1.165) is 12.1 Å². The molecule has 7 heteroatoms. The highest BCUT2D eigenvalue weighted by atomic mass is 16.6. The fourth-order valence-corrected chi connectivity index (χ4v) is 3.80. The molecule has 142 valence electrons. The first-order valence-corrected chi connectivity index (χ1v) is 9.01. The number of nitrogens with one attached hydrogen (secondary N) is 1. The van der Waals surface area contributed by atoms with Crippen LogP contribution in [0.1, 0.15) is 50.2 Å². The summed E-state index contributed by atoms with van der Waals surface area (Å²) in [7, 11) is 0. The van der Waals surface area contributed by atoms with E-state index in [-0.39, 0.29) is 18.1 Å². The summed E-state index contributed by atoms with van der Waals surface area (Å²) < 4.78 is 5.22. The predicted octanol–water partition coefficient (Wildman–Crippen LogP) is 3.43. The molecule has 3 rings (SSSR count). The van der Waals surface area contributed by atoms with Crippen molar-refractivity contribution in [1.82, 2.24) is 5.32 Å². The van der Waals surface area contributed by atoms with Crippen molar-refractivity contribution in [3.63, 3.8) is 0 Å². The van der Waals surface area contributed by atoms with E-state index >= 15 is 0 Å². The van der Waals surface area contributed by atoms with Crippen molar-refractivity contribution in [1.29, 1.82) is 0 Å². The van der Waals surface area contributed by atoms with Gasteiger partial charge in [0.15, 0.2) is 5.78 Å². The van der Waals surface area contributed by atoms with Gasteiger partial charge in [-0.1, -0.05) is 12.1 Å². The third-order valence-corrected chi connectivity index (χ3v) is 5.03. The molecule has 1 aromatic carbocycles. The van der Waals surface area contributed by atoms with Gasteiger partial charge in [0.25, 0.3) is 5.69 Å². The molecule has 1 N–H and O–H groups in total. The van der Waals surface area contributed by atoms with Crippen molar-refractivity contribution in [3.8, 4) is 0 Å². The van der Waals surface area contributed by atoms with Gasteiger partial charge in [-0.05, 0) is 39.2 Å². The average Bonchev–Trinajstić information content (AvgIpc) is 2.61. The van der Waals surface area contributed by atoms with Crippen LogP contribution in [0.3, 0.4) is 0 Å². The van der Waals surface area contributed by atoms with Gasteiger partial charge < -0.3 is 10.1 Å². The van der Waals surface area contributed by atoms with Crippen LogP contribution in [0.5, 0.6) is 0 Å². The summed E-state index contributed by atoms with van der Waals surface area (Å²) >= 11 is 0. The van der Waals surface area contributed by atoms with E-state index in [1.807, 2.05) is 0 Å². The van der Waals surface area contributed by atoms with Crippen LogP contribution in [-0.4, -0.2) is 23.3 Å². The summed E-state index contributed by atoms with van der Waals surface area (Å²) in [5, 5.41) is 14.6. The number of allylic oxidation sites excluding steroid dienone is 3. The van der Waals surface area contributed by atoms with Gasteiger partial charge in [-0.25, -0.2) is 4.79 Å². The van der Waals surface area contributed by atoms with Crippen LogP contribution in [-0.2, 0) is 14.3 Å². The van der Waals surface area contributed by atoms with Crippen molar-refractivity contribution >= 4 is 17.4 Å². The van der Waals surface area contributed by atoms with Gasteiger partial charge in [-0.15, -0.1) is 0 Å². The number of ether oxygens (including phenoxy) is 1. The van der Waals surface area contributed by atoms with Crippen LogP contribution < -0.4 is 5.32 Å². The highest BCUT2D eigenvalue weighted by Gasteiger charge is 2.39. The highest BCUT2D eigenvalue weighted by molar-refractivity contribution is 6.03. The van der Waals surface area contributed by atoms with Crippen molar-refractivity contribution in [2.45, 2.75) is 46.0 Å². The third-order valence-electron chi connectivity index (χ3n) is 5.03. The number of esters is 1. The Kier molecular flexibility index (Phi) is 5.12.